The number of ether oxygens (including phenoxy) is 1. The third kappa shape index (κ3) is 3.89. The van der Waals surface area contributed by atoms with Crippen molar-refractivity contribution in [2.75, 3.05) is 31.6 Å². The second kappa shape index (κ2) is 7.85. The minimum atomic E-state index is -0.253. The van der Waals surface area contributed by atoms with E-state index in [1.807, 2.05) is 31.2 Å². The highest BCUT2D eigenvalue weighted by molar-refractivity contribution is 5.92. The number of benzene rings is 1. The molecular weight excluding hydrogens is 316 g/mol. The SMILES string of the molecule is CCOC1CC(O)C12CCN(CC(=O)Nc1ccc(CC)cc1)CC2. The number of piperidine rings is 1. The van der Waals surface area contributed by atoms with Gasteiger partial charge in [0.15, 0.2) is 0 Å². The fourth-order valence-corrected chi connectivity index (χ4v) is 4.17. The molecule has 1 spiro atoms. The number of hydrogen-bond donors (Lipinski definition) is 2. The lowest BCUT2D eigenvalue weighted by Crippen LogP contribution is -2.62. The van der Waals surface area contributed by atoms with E-state index in [9.17, 15) is 9.90 Å². The number of aliphatic hydroxyl groups excluding tert-OH is 1. The minimum absolute atomic E-state index is 0.0238. The van der Waals surface area contributed by atoms with Crippen LogP contribution in [0.2, 0.25) is 0 Å². The van der Waals surface area contributed by atoms with Crippen LogP contribution in [-0.2, 0) is 16.0 Å². The molecule has 0 bridgehead atoms. The molecule has 1 aromatic carbocycles. The molecule has 25 heavy (non-hydrogen) atoms. The Morgan fingerprint density at radius 2 is 1.96 bits per heavy atom. The van der Waals surface area contributed by atoms with Gasteiger partial charge in [-0.2, -0.15) is 0 Å². The zero-order valence-electron chi connectivity index (χ0n) is 15.3. The fraction of sp³-hybridized carbons (Fsp3) is 0.650. The predicted octanol–water partition coefficient (Wildman–Crippen LogP) is 2.44. The molecule has 1 aromatic rings. The van der Waals surface area contributed by atoms with E-state index in [1.165, 1.54) is 5.56 Å². The first kappa shape index (κ1) is 18.4. The monoisotopic (exact) mass is 346 g/mol. The number of carbonyl (C=O) groups is 1. The molecule has 1 amide bonds. The van der Waals surface area contributed by atoms with Crippen LogP contribution in [0.1, 0.15) is 38.7 Å². The van der Waals surface area contributed by atoms with Gasteiger partial charge in [-0.3, -0.25) is 9.69 Å². The Morgan fingerprint density at radius 1 is 1.28 bits per heavy atom. The van der Waals surface area contributed by atoms with Crippen LogP contribution in [0.15, 0.2) is 24.3 Å². The van der Waals surface area contributed by atoms with E-state index < -0.39 is 0 Å². The number of aryl methyl sites for hydroxylation is 1. The Hall–Kier alpha value is -1.43. The molecule has 2 atom stereocenters. The van der Waals surface area contributed by atoms with E-state index >= 15 is 0 Å². The molecule has 5 heteroatoms. The molecule has 138 valence electrons. The van der Waals surface area contributed by atoms with Crippen molar-refractivity contribution < 1.29 is 14.6 Å². The highest BCUT2D eigenvalue weighted by Crippen LogP contribution is 2.50. The zero-order valence-corrected chi connectivity index (χ0v) is 15.3. The molecule has 1 saturated carbocycles. The Bertz CT molecular complexity index is 577. The van der Waals surface area contributed by atoms with Crippen molar-refractivity contribution >= 4 is 11.6 Å². The van der Waals surface area contributed by atoms with Gasteiger partial charge in [-0.25, -0.2) is 0 Å². The van der Waals surface area contributed by atoms with Crippen LogP contribution in [0, 0.1) is 5.41 Å². The smallest absolute Gasteiger partial charge is 0.238 e. The molecule has 0 radical (unpaired) electrons. The molecule has 5 nitrogen and oxygen atoms in total. The zero-order chi connectivity index (χ0) is 17.9. The molecular formula is C20H30N2O3. The van der Waals surface area contributed by atoms with E-state index in [0.29, 0.717) is 13.2 Å². The van der Waals surface area contributed by atoms with Crippen molar-refractivity contribution in [2.45, 2.75) is 51.7 Å². The van der Waals surface area contributed by atoms with Crippen molar-refractivity contribution in [1.82, 2.24) is 4.90 Å². The standard InChI is InChI=1S/C20H30N2O3/c1-3-15-5-7-16(8-6-15)21-19(24)14-22-11-9-20(10-12-22)17(23)13-18(20)25-4-2/h5-8,17-18,23H,3-4,9-14H2,1-2H3,(H,21,24). The minimum Gasteiger partial charge on any atom is -0.392 e. The van der Waals surface area contributed by atoms with Gasteiger partial charge < -0.3 is 15.2 Å². The maximum absolute atomic E-state index is 12.3. The number of rotatable bonds is 6. The van der Waals surface area contributed by atoms with Gasteiger partial charge in [-0.1, -0.05) is 19.1 Å². The van der Waals surface area contributed by atoms with Gasteiger partial charge in [-0.15, -0.1) is 0 Å². The number of nitrogens with zero attached hydrogens (tertiary/aromatic N) is 1. The molecule has 0 aromatic heterocycles. The Balaban J connectivity index is 1.47. The van der Waals surface area contributed by atoms with Gasteiger partial charge >= 0.3 is 0 Å². The van der Waals surface area contributed by atoms with Gasteiger partial charge in [0.1, 0.15) is 0 Å². The Morgan fingerprint density at radius 3 is 2.52 bits per heavy atom. The average molecular weight is 346 g/mol. The second-order valence-electron chi connectivity index (χ2n) is 7.30. The lowest BCUT2D eigenvalue weighted by Gasteiger charge is -2.56. The van der Waals surface area contributed by atoms with Gasteiger partial charge in [0.25, 0.3) is 0 Å². The summed E-state index contributed by atoms with van der Waals surface area (Å²) in [6.45, 7) is 6.89. The van der Waals surface area contributed by atoms with Crippen LogP contribution in [-0.4, -0.2) is 54.4 Å². The summed E-state index contributed by atoms with van der Waals surface area (Å²) in [5.74, 6) is 0.0238. The van der Waals surface area contributed by atoms with Crippen molar-refractivity contribution in [1.29, 1.82) is 0 Å². The van der Waals surface area contributed by atoms with E-state index in [-0.39, 0.29) is 23.5 Å². The summed E-state index contributed by atoms with van der Waals surface area (Å²) in [5.41, 5.74) is 2.03. The molecule has 2 unspecified atom stereocenters. The normalized spacial score (nSPS) is 25.6. The first-order valence-electron chi connectivity index (χ1n) is 9.48. The molecule has 1 saturated heterocycles. The lowest BCUT2D eigenvalue weighted by atomic mass is 9.58. The van der Waals surface area contributed by atoms with Crippen molar-refractivity contribution in [3.8, 4) is 0 Å². The third-order valence-corrected chi connectivity index (χ3v) is 5.91. The van der Waals surface area contributed by atoms with E-state index in [4.69, 9.17) is 4.74 Å². The average Bonchev–Trinajstić information content (AvgIpc) is 2.63. The summed E-state index contributed by atoms with van der Waals surface area (Å²) < 4.78 is 5.80. The van der Waals surface area contributed by atoms with Crippen LogP contribution >= 0.6 is 0 Å². The highest BCUT2D eigenvalue weighted by Gasteiger charge is 2.55. The van der Waals surface area contributed by atoms with Crippen LogP contribution < -0.4 is 5.32 Å². The number of anilines is 1. The summed E-state index contributed by atoms with van der Waals surface area (Å²) in [6.07, 6.45) is 3.48. The van der Waals surface area contributed by atoms with Crippen LogP contribution in [0.4, 0.5) is 5.69 Å². The van der Waals surface area contributed by atoms with Gasteiger partial charge in [-0.05, 0) is 57.0 Å². The van der Waals surface area contributed by atoms with Crippen LogP contribution in [0.3, 0.4) is 0 Å². The summed E-state index contributed by atoms with van der Waals surface area (Å²) in [4.78, 5) is 14.5. The number of nitrogens with one attached hydrogen (secondary N) is 1. The second-order valence-corrected chi connectivity index (χ2v) is 7.30. The molecule has 1 aliphatic heterocycles. The van der Waals surface area contributed by atoms with Crippen LogP contribution in [0.5, 0.6) is 0 Å². The van der Waals surface area contributed by atoms with Crippen LogP contribution in [0.25, 0.3) is 0 Å². The number of likely N-dealkylation sites (tertiary alicyclic amines) is 1. The van der Waals surface area contributed by atoms with Crippen molar-refractivity contribution in [3.05, 3.63) is 29.8 Å². The van der Waals surface area contributed by atoms with Gasteiger partial charge in [0.05, 0.1) is 18.8 Å². The first-order valence-corrected chi connectivity index (χ1v) is 9.48. The maximum atomic E-state index is 12.3. The highest BCUT2D eigenvalue weighted by atomic mass is 16.5. The van der Waals surface area contributed by atoms with Gasteiger partial charge in [0, 0.05) is 24.1 Å². The van der Waals surface area contributed by atoms with E-state index in [1.54, 1.807) is 0 Å². The number of hydrogen-bond acceptors (Lipinski definition) is 4. The molecule has 2 aliphatic rings. The van der Waals surface area contributed by atoms with E-state index in [0.717, 1.165) is 44.5 Å². The molecule has 3 rings (SSSR count). The third-order valence-electron chi connectivity index (χ3n) is 5.91. The molecule has 1 heterocycles. The quantitative estimate of drug-likeness (QED) is 0.830. The van der Waals surface area contributed by atoms with Crippen molar-refractivity contribution in [2.24, 2.45) is 5.41 Å². The lowest BCUT2D eigenvalue weighted by molar-refractivity contribution is -0.209. The fourth-order valence-electron chi connectivity index (χ4n) is 4.17. The summed E-state index contributed by atoms with van der Waals surface area (Å²) in [5, 5.41) is 13.2. The van der Waals surface area contributed by atoms with E-state index in [2.05, 4.69) is 17.1 Å². The summed E-state index contributed by atoms with van der Waals surface area (Å²) in [7, 11) is 0. The first-order chi connectivity index (χ1) is 12.1. The number of amides is 1. The molecule has 2 fully saturated rings. The summed E-state index contributed by atoms with van der Waals surface area (Å²) >= 11 is 0. The number of carbonyl (C=O) groups excluding carboxylic acids is 1. The topological polar surface area (TPSA) is 61.8 Å². The largest absolute Gasteiger partial charge is 0.392 e. The Labute approximate surface area is 150 Å². The van der Waals surface area contributed by atoms with Crippen molar-refractivity contribution in [3.63, 3.8) is 0 Å². The molecule has 2 N–H and O–H groups in total. The van der Waals surface area contributed by atoms with Gasteiger partial charge in [0.2, 0.25) is 5.91 Å². The predicted molar refractivity (Wildman–Crippen MR) is 98.6 cm³/mol. The molecule has 1 aliphatic carbocycles. The number of aliphatic hydroxyl groups is 1. The summed E-state index contributed by atoms with van der Waals surface area (Å²) in [6, 6.07) is 8.01. The Kier molecular flexibility index (Phi) is 5.77. The maximum Gasteiger partial charge on any atom is 0.238 e.